The maximum absolute atomic E-state index is 4.18. The lowest BCUT2D eigenvalue weighted by Gasteiger charge is -2.11. The Morgan fingerprint density at radius 2 is 1.59 bits per heavy atom. The molecule has 0 unspecified atom stereocenters. The molecule has 0 saturated heterocycles. The summed E-state index contributed by atoms with van der Waals surface area (Å²) >= 11 is 0. The lowest BCUT2D eigenvalue weighted by atomic mass is 9.95. The smallest absolute Gasteiger partial charge is 0.0108 e. The van der Waals surface area contributed by atoms with Gasteiger partial charge in [0.1, 0.15) is 0 Å². The molecular formula is C17H30. The molecule has 0 amide bonds. The van der Waals surface area contributed by atoms with Crippen LogP contribution in [0.25, 0.3) is 0 Å². The molecule has 0 saturated carbocycles. The Morgan fingerprint density at radius 3 is 2.12 bits per heavy atom. The van der Waals surface area contributed by atoms with E-state index in [1.54, 1.807) is 0 Å². The van der Waals surface area contributed by atoms with E-state index in [9.17, 15) is 0 Å². The van der Waals surface area contributed by atoms with E-state index in [-0.39, 0.29) is 0 Å². The van der Waals surface area contributed by atoms with Crippen LogP contribution < -0.4 is 0 Å². The van der Waals surface area contributed by atoms with Crippen LogP contribution >= 0.6 is 0 Å². The van der Waals surface area contributed by atoms with Gasteiger partial charge in [-0.05, 0) is 32.1 Å². The largest absolute Gasteiger partial charge is 0.0995 e. The standard InChI is InChI=1S/C17H30/c1-6-9-10-12-17(13-15(4)8-3)14-16(5)11-7-2/h12H,4-11,13-14H2,1-3H3. The summed E-state index contributed by atoms with van der Waals surface area (Å²) in [5.41, 5.74) is 4.25. The van der Waals surface area contributed by atoms with Crippen LogP contribution in [0.4, 0.5) is 0 Å². The third-order valence-corrected chi connectivity index (χ3v) is 3.05. The first-order valence-electron chi connectivity index (χ1n) is 7.15. The number of unbranched alkanes of at least 4 members (excludes halogenated alkanes) is 2. The minimum Gasteiger partial charge on any atom is -0.0995 e. The van der Waals surface area contributed by atoms with Crippen LogP contribution in [-0.2, 0) is 0 Å². The summed E-state index contributed by atoms with van der Waals surface area (Å²) in [5.74, 6) is 0. The third kappa shape index (κ3) is 8.97. The maximum atomic E-state index is 4.18. The molecule has 0 bridgehead atoms. The Balaban J connectivity index is 4.33. The molecule has 0 N–H and O–H groups in total. The molecule has 0 aliphatic carbocycles. The summed E-state index contributed by atoms with van der Waals surface area (Å²) < 4.78 is 0. The molecule has 0 aromatic heterocycles. The summed E-state index contributed by atoms with van der Waals surface area (Å²) in [5, 5.41) is 0. The molecule has 0 nitrogen and oxygen atoms in total. The van der Waals surface area contributed by atoms with Gasteiger partial charge in [-0.2, -0.15) is 0 Å². The van der Waals surface area contributed by atoms with E-state index in [4.69, 9.17) is 0 Å². The van der Waals surface area contributed by atoms with Crippen molar-refractivity contribution in [2.45, 2.75) is 72.1 Å². The summed E-state index contributed by atoms with van der Waals surface area (Å²) in [6, 6.07) is 0. The molecule has 0 aromatic rings. The van der Waals surface area contributed by atoms with Gasteiger partial charge in [-0.1, -0.05) is 76.0 Å². The van der Waals surface area contributed by atoms with Gasteiger partial charge >= 0.3 is 0 Å². The van der Waals surface area contributed by atoms with Gasteiger partial charge < -0.3 is 0 Å². The predicted molar refractivity (Wildman–Crippen MR) is 80.3 cm³/mol. The fourth-order valence-electron chi connectivity index (χ4n) is 1.93. The van der Waals surface area contributed by atoms with Crippen LogP contribution in [0.5, 0.6) is 0 Å². The molecule has 0 aliphatic heterocycles. The number of allylic oxidation sites excluding steroid dienone is 4. The zero-order chi connectivity index (χ0) is 13.1. The van der Waals surface area contributed by atoms with Crippen molar-refractivity contribution in [1.82, 2.24) is 0 Å². The van der Waals surface area contributed by atoms with E-state index in [0.29, 0.717) is 0 Å². The molecule has 0 spiro atoms. The zero-order valence-electron chi connectivity index (χ0n) is 12.1. The van der Waals surface area contributed by atoms with Gasteiger partial charge in [-0.3, -0.25) is 0 Å². The molecule has 0 aromatic carbocycles. The van der Waals surface area contributed by atoms with Gasteiger partial charge in [0.05, 0.1) is 0 Å². The molecule has 0 rings (SSSR count). The maximum Gasteiger partial charge on any atom is -0.0108 e. The van der Waals surface area contributed by atoms with Crippen molar-refractivity contribution in [2.24, 2.45) is 0 Å². The van der Waals surface area contributed by atoms with Crippen LogP contribution in [0.1, 0.15) is 72.1 Å². The van der Waals surface area contributed by atoms with Crippen LogP contribution in [0.2, 0.25) is 0 Å². The predicted octanol–water partition coefficient (Wildman–Crippen LogP) is 6.21. The monoisotopic (exact) mass is 234 g/mol. The highest BCUT2D eigenvalue weighted by atomic mass is 14.1. The first kappa shape index (κ1) is 16.2. The number of hydrogen-bond donors (Lipinski definition) is 0. The van der Waals surface area contributed by atoms with Gasteiger partial charge in [0, 0.05) is 0 Å². The average Bonchev–Trinajstić information content (AvgIpc) is 2.29. The number of rotatable bonds is 10. The van der Waals surface area contributed by atoms with Gasteiger partial charge in [0.15, 0.2) is 0 Å². The highest BCUT2D eigenvalue weighted by molar-refractivity contribution is 5.19. The summed E-state index contributed by atoms with van der Waals surface area (Å²) in [7, 11) is 0. The summed E-state index contributed by atoms with van der Waals surface area (Å²) in [6.07, 6.45) is 11.8. The lowest BCUT2D eigenvalue weighted by Crippen LogP contribution is -1.91. The molecule has 98 valence electrons. The average molecular weight is 234 g/mol. The number of hydrogen-bond acceptors (Lipinski definition) is 0. The van der Waals surface area contributed by atoms with Crippen molar-refractivity contribution in [3.63, 3.8) is 0 Å². The van der Waals surface area contributed by atoms with Gasteiger partial charge in [-0.25, -0.2) is 0 Å². The second kappa shape index (κ2) is 10.4. The van der Waals surface area contributed by atoms with Gasteiger partial charge in [0.25, 0.3) is 0 Å². The summed E-state index contributed by atoms with van der Waals surface area (Å²) in [4.78, 5) is 0. The quantitative estimate of drug-likeness (QED) is 0.311. The van der Waals surface area contributed by atoms with Crippen LogP contribution in [-0.4, -0.2) is 0 Å². The molecular weight excluding hydrogens is 204 g/mol. The topological polar surface area (TPSA) is 0 Å². The minimum atomic E-state index is 1.07. The van der Waals surface area contributed by atoms with Crippen molar-refractivity contribution in [3.8, 4) is 0 Å². The lowest BCUT2D eigenvalue weighted by molar-refractivity contribution is 0.795. The fourth-order valence-corrected chi connectivity index (χ4v) is 1.93. The molecule has 0 heterocycles. The van der Waals surface area contributed by atoms with Crippen LogP contribution in [0.15, 0.2) is 36.0 Å². The van der Waals surface area contributed by atoms with Crippen molar-refractivity contribution in [1.29, 1.82) is 0 Å². The molecule has 0 atom stereocenters. The Hall–Kier alpha value is -0.780. The van der Waals surface area contributed by atoms with E-state index in [1.807, 2.05) is 0 Å². The Bertz CT molecular complexity index is 255. The highest BCUT2D eigenvalue weighted by Crippen LogP contribution is 2.22. The van der Waals surface area contributed by atoms with Crippen molar-refractivity contribution >= 4 is 0 Å². The van der Waals surface area contributed by atoms with E-state index >= 15 is 0 Å². The van der Waals surface area contributed by atoms with E-state index in [1.165, 1.54) is 42.4 Å². The van der Waals surface area contributed by atoms with Crippen molar-refractivity contribution < 1.29 is 0 Å². The SMILES string of the molecule is C=C(CC)CC(=CCCCC)CC(=C)CCC. The molecule has 0 heteroatoms. The van der Waals surface area contributed by atoms with Gasteiger partial charge in [-0.15, -0.1) is 0 Å². The van der Waals surface area contributed by atoms with Crippen LogP contribution in [0, 0.1) is 0 Å². The first-order valence-corrected chi connectivity index (χ1v) is 7.15. The second-order valence-electron chi connectivity index (χ2n) is 4.96. The molecule has 0 fully saturated rings. The van der Waals surface area contributed by atoms with E-state index < -0.39 is 0 Å². The minimum absolute atomic E-state index is 1.07. The first-order chi connectivity index (χ1) is 8.13. The van der Waals surface area contributed by atoms with Crippen molar-refractivity contribution in [2.75, 3.05) is 0 Å². The molecule has 17 heavy (non-hydrogen) atoms. The fraction of sp³-hybridized carbons (Fsp3) is 0.647. The summed E-state index contributed by atoms with van der Waals surface area (Å²) in [6.45, 7) is 14.9. The zero-order valence-corrected chi connectivity index (χ0v) is 12.1. The Morgan fingerprint density at radius 1 is 0.941 bits per heavy atom. The highest BCUT2D eigenvalue weighted by Gasteiger charge is 2.02. The third-order valence-electron chi connectivity index (χ3n) is 3.05. The van der Waals surface area contributed by atoms with Crippen molar-refractivity contribution in [3.05, 3.63) is 36.0 Å². The van der Waals surface area contributed by atoms with E-state index in [0.717, 1.165) is 25.7 Å². The second-order valence-corrected chi connectivity index (χ2v) is 4.96. The molecule has 0 radical (unpaired) electrons. The van der Waals surface area contributed by atoms with Gasteiger partial charge in [0.2, 0.25) is 0 Å². The Labute approximate surface area is 109 Å². The Kier molecular flexibility index (Phi) is 9.90. The normalized spacial score (nSPS) is 11.6. The van der Waals surface area contributed by atoms with Crippen LogP contribution in [0.3, 0.4) is 0 Å². The molecule has 0 aliphatic rings. The van der Waals surface area contributed by atoms with E-state index in [2.05, 4.69) is 40.0 Å².